The van der Waals surface area contributed by atoms with Gasteiger partial charge in [0.2, 0.25) is 5.91 Å². The van der Waals surface area contributed by atoms with Crippen molar-refractivity contribution in [3.8, 4) is 5.75 Å². The predicted octanol–water partition coefficient (Wildman–Crippen LogP) is 7.53. The Hall–Kier alpha value is -4.06. The highest BCUT2D eigenvalue weighted by Gasteiger charge is 2.38. The first-order valence-electron chi connectivity index (χ1n) is 14.6. The van der Waals surface area contributed by atoms with Crippen LogP contribution >= 0.6 is 0 Å². The van der Waals surface area contributed by atoms with Gasteiger partial charge in [-0.3, -0.25) is 9.59 Å². The number of para-hydroxylation sites is 2. The third kappa shape index (κ3) is 5.35. The highest BCUT2D eigenvalue weighted by atomic mass is 16.5. The summed E-state index contributed by atoms with van der Waals surface area (Å²) in [6.07, 6.45) is 1.11. The zero-order chi connectivity index (χ0) is 29.4. The molecular formula is C35H41N3O3. The standard InChI is InChI=1S/C35H41N3O3/c1-22(2)37(23(3)4)28-14-17-31(24(5)18-28)38-33-11-9-8-10-32(33)36(25(6)39)21-30-34(38)19-27(20-35(30)40)26-12-15-29(41-7)16-13-26/h8-18,22-23,27H,19-21H2,1-7H3. The minimum Gasteiger partial charge on any atom is -0.497 e. The van der Waals surface area contributed by atoms with Crippen LogP contribution in [-0.4, -0.2) is 37.4 Å². The number of ketones is 1. The Morgan fingerprint density at radius 1 is 0.902 bits per heavy atom. The number of rotatable bonds is 6. The molecular weight excluding hydrogens is 510 g/mol. The second kappa shape index (κ2) is 11.4. The minimum absolute atomic E-state index is 0.0302. The summed E-state index contributed by atoms with van der Waals surface area (Å²) in [5.41, 5.74) is 7.85. The fraction of sp³-hybridized carbons (Fsp3) is 0.371. The molecule has 0 aromatic heterocycles. The number of benzene rings is 3. The van der Waals surface area contributed by atoms with E-state index in [0.29, 0.717) is 24.9 Å². The molecule has 5 rings (SSSR count). The molecule has 0 saturated carbocycles. The molecule has 3 aromatic carbocycles. The Kier molecular flexibility index (Phi) is 7.94. The summed E-state index contributed by atoms with van der Waals surface area (Å²) < 4.78 is 5.37. The van der Waals surface area contributed by atoms with E-state index in [2.05, 4.69) is 80.8 Å². The van der Waals surface area contributed by atoms with Crippen molar-refractivity contribution in [2.24, 2.45) is 0 Å². The normalized spacial score (nSPS) is 17.0. The predicted molar refractivity (Wildman–Crippen MR) is 168 cm³/mol. The van der Waals surface area contributed by atoms with Gasteiger partial charge in [-0.2, -0.15) is 0 Å². The fourth-order valence-corrected chi connectivity index (χ4v) is 6.52. The van der Waals surface area contributed by atoms with Gasteiger partial charge in [-0.15, -0.1) is 0 Å². The number of fused-ring (bicyclic) bond motifs is 1. The van der Waals surface area contributed by atoms with E-state index in [1.807, 2.05) is 30.3 Å². The summed E-state index contributed by atoms with van der Waals surface area (Å²) in [5, 5.41) is 0. The molecule has 0 radical (unpaired) electrons. The van der Waals surface area contributed by atoms with Gasteiger partial charge in [-0.1, -0.05) is 24.3 Å². The summed E-state index contributed by atoms with van der Waals surface area (Å²) in [7, 11) is 1.66. The van der Waals surface area contributed by atoms with Crippen LogP contribution in [0.1, 0.15) is 64.5 Å². The summed E-state index contributed by atoms with van der Waals surface area (Å²) in [6, 6.07) is 23.4. The summed E-state index contributed by atoms with van der Waals surface area (Å²) >= 11 is 0. The number of Topliss-reactive ketones (excluding diaryl/α,β-unsaturated/α-hetero) is 1. The molecule has 0 bridgehead atoms. The van der Waals surface area contributed by atoms with Gasteiger partial charge < -0.3 is 19.4 Å². The average Bonchev–Trinajstić information content (AvgIpc) is 3.08. The first-order valence-corrected chi connectivity index (χ1v) is 14.6. The quantitative estimate of drug-likeness (QED) is 0.317. The molecule has 6 heteroatoms. The number of carbonyl (C=O) groups excluding carboxylic acids is 2. The van der Waals surface area contributed by atoms with E-state index in [4.69, 9.17) is 4.74 Å². The number of ether oxygens (including phenoxy) is 1. The maximum absolute atomic E-state index is 13.9. The number of allylic oxidation sites excluding steroid dienone is 1. The van der Waals surface area contributed by atoms with Gasteiger partial charge >= 0.3 is 0 Å². The molecule has 1 heterocycles. The number of nitrogens with zero attached hydrogens (tertiary/aromatic N) is 3. The van der Waals surface area contributed by atoms with Gasteiger partial charge in [-0.25, -0.2) is 0 Å². The van der Waals surface area contributed by atoms with Crippen LogP contribution in [-0.2, 0) is 9.59 Å². The largest absolute Gasteiger partial charge is 0.497 e. The van der Waals surface area contributed by atoms with E-state index in [1.165, 1.54) is 5.69 Å². The van der Waals surface area contributed by atoms with E-state index >= 15 is 0 Å². The Labute approximate surface area is 244 Å². The van der Waals surface area contributed by atoms with E-state index in [0.717, 1.165) is 45.2 Å². The number of hydrogen-bond donors (Lipinski definition) is 0. The molecule has 1 atom stereocenters. The lowest BCUT2D eigenvalue weighted by Gasteiger charge is -2.36. The lowest BCUT2D eigenvalue weighted by atomic mass is 9.81. The van der Waals surface area contributed by atoms with Crippen LogP contribution in [0.15, 0.2) is 78.0 Å². The van der Waals surface area contributed by atoms with Crippen molar-refractivity contribution < 1.29 is 14.3 Å². The third-order valence-electron chi connectivity index (χ3n) is 8.36. The van der Waals surface area contributed by atoms with Crippen LogP contribution in [0.3, 0.4) is 0 Å². The van der Waals surface area contributed by atoms with Crippen molar-refractivity contribution >= 4 is 34.4 Å². The molecule has 41 heavy (non-hydrogen) atoms. The second-order valence-corrected chi connectivity index (χ2v) is 11.7. The maximum atomic E-state index is 13.9. The lowest BCUT2D eigenvalue weighted by molar-refractivity contribution is -0.116. The maximum Gasteiger partial charge on any atom is 0.224 e. The topological polar surface area (TPSA) is 53.1 Å². The van der Waals surface area contributed by atoms with E-state index in [-0.39, 0.29) is 24.2 Å². The van der Waals surface area contributed by atoms with E-state index in [1.54, 1.807) is 18.9 Å². The molecule has 0 fully saturated rings. The molecule has 0 spiro atoms. The Morgan fingerprint density at radius 3 is 2.15 bits per heavy atom. The van der Waals surface area contributed by atoms with Crippen molar-refractivity contribution in [3.63, 3.8) is 0 Å². The second-order valence-electron chi connectivity index (χ2n) is 11.7. The van der Waals surface area contributed by atoms with Crippen molar-refractivity contribution in [3.05, 3.63) is 89.1 Å². The molecule has 0 N–H and O–H groups in total. The fourth-order valence-electron chi connectivity index (χ4n) is 6.52. The molecule has 1 aliphatic heterocycles. The highest BCUT2D eigenvalue weighted by molar-refractivity contribution is 6.06. The summed E-state index contributed by atoms with van der Waals surface area (Å²) in [5.74, 6) is 0.845. The van der Waals surface area contributed by atoms with Gasteiger partial charge in [0.1, 0.15) is 5.75 Å². The third-order valence-corrected chi connectivity index (χ3v) is 8.36. The smallest absolute Gasteiger partial charge is 0.224 e. The Balaban J connectivity index is 1.68. The number of methoxy groups -OCH3 is 1. The van der Waals surface area contributed by atoms with E-state index in [9.17, 15) is 9.59 Å². The van der Waals surface area contributed by atoms with Gasteiger partial charge in [0.05, 0.1) is 25.0 Å². The zero-order valence-corrected chi connectivity index (χ0v) is 25.3. The highest BCUT2D eigenvalue weighted by Crippen LogP contribution is 2.48. The summed E-state index contributed by atoms with van der Waals surface area (Å²) in [6.45, 7) is 12.9. The number of carbonyl (C=O) groups is 2. The van der Waals surface area contributed by atoms with Gasteiger partial charge in [-0.05, 0) is 101 Å². The van der Waals surface area contributed by atoms with Gasteiger partial charge in [0, 0.05) is 48.1 Å². The zero-order valence-electron chi connectivity index (χ0n) is 25.3. The first kappa shape index (κ1) is 28.5. The van der Waals surface area contributed by atoms with E-state index < -0.39 is 0 Å². The number of hydrogen-bond acceptors (Lipinski definition) is 5. The van der Waals surface area contributed by atoms with Crippen LogP contribution in [0.5, 0.6) is 5.75 Å². The van der Waals surface area contributed by atoms with Crippen LogP contribution in [0, 0.1) is 6.92 Å². The van der Waals surface area contributed by atoms with Crippen molar-refractivity contribution in [1.82, 2.24) is 0 Å². The number of amides is 1. The van der Waals surface area contributed by atoms with Crippen molar-refractivity contribution in [2.45, 2.75) is 72.4 Å². The van der Waals surface area contributed by atoms with Crippen molar-refractivity contribution in [2.75, 3.05) is 28.4 Å². The van der Waals surface area contributed by atoms with Gasteiger partial charge in [0.25, 0.3) is 0 Å². The molecule has 1 aliphatic carbocycles. The van der Waals surface area contributed by atoms with Crippen LogP contribution in [0.2, 0.25) is 0 Å². The number of anilines is 4. The SMILES string of the molecule is COc1ccc(C2CC(=O)C3=C(C2)N(c2ccc(N(C(C)C)C(C)C)cc2C)c2ccccc2N(C(C)=O)C3)cc1. The number of aryl methyl sites for hydroxylation is 1. The molecule has 2 aliphatic rings. The van der Waals surface area contributed by atoms with Gasteiger partial charge in [0.15, 0.2) is 5.78 Å². The van der Waals surface area contributed by atoms with Crippen molar-refractivity contribution in [1.29, 1.82) is 0 Å². The molecule has 6 nitrogen and oxygen atoms in total. The molecule has 0 saturated heterocycles. The Bertz CT molecular complexity index is 1480. The van der Waals surface area contributed by atoms with Crippen LogP contribution in [0.4, 0.5) is 22.7 Å². The molecule has 214 valence electrons. The monoisotopic (exact) mass is 551 g/mol. The first-order chi connectivity index (χ1) is 19.6. The minimum atomic E-state index is -0.0761. The molecule has 1 amide bonds. The lowest BCUT2D eigenvalue weighted by Crippen LogP contribution is -2.37. The van der Waals surface area contributed by atoms with Crippen LogP contribution < -0.4 is 19.4 Å². The molecule has 3 aromatic rings. The van der Waals surface area contributed by atoms with Crippen LogP contribution in [0.25, 0.3) is 0 Å². The Morgan fingerprint density at radius 2 is 1.56 bits per heavy atom. The summed E-state index contributed by atoms with van der Waals surface area (Å²) in [4.78, 5) is 33.3. The molecule has 1 unspecified atom stereocenters. The average molecular weight is 552 g/mol.